The molecule has 0 amide bonds. The largest absolute Gasteiger partial charge is 1.00 e. The smallest absolute Gasteiger partial charge is 0.616 e. The molecule has 0 aliphatic heterocycles. The van der Waals surface area contributed by atoms with Crippen LogP contribution in [-0.2, 0) is 4.74 Å². The fourth-order valence-corrected chi connectivity index (χ4v) is 2.02. The molecule has 1 rings (SSSR count). The molecular weight excluding hydrogens is 303 g/mol. The van der Waals surface area contributed by atoms with Crippen LogP contribution in [0.3, 0.4) is 0 Å². The van der Waals surface area contributed by atoms with E-state index in [0.717, 1.165) is 5.56 Å². The molecule has 0 bridgehead atoms. The zero-order valence-electron chi connectivity index (χ0n) is 11.4. The fourth-order valence-electron chi connectivity index (χ4n) is 1.22. The number of aliphatic imine (C=N–C) groups is 1. The minimum Gasteiger partial charge on any atom is -0.616 e. The molecule has 0 unspecified atom stereocenters. The number of rotatable bonds is 3. The number of nitriles is 1. The molecule has 0 aliphatic carbocycles. The van der Waals surface area contributed by atoms with E-state index in [-0.39, 0.29) is 40.2 Å². The number of ether oxygens (including phenoxy) is 1. The normalized spacial score (nSPS) is 11.8. The number of thioether (sulfide) groups is 1. The minimum atomic E-state index is -0.716. The first-order chi connectivity index (χ1) is 9.13. The predicted molar refractivity (Wildman–Crippen MR) is 78.7 cm³/mol. The molecular formula is C13H11N2NaO2S2. The Labute approximate surface area is 149 Å². The van der Waals surface area contributed by atoms with E-state index < -0.39 is 5.95 Å². The van der Waals surface area contributed by atoms with Gasteiger partial charge in [-0.3, -0.25) is 0 Å². The Morgan fingerprint density at radius 1 is 1.40 bits per heavy atom. The van der Waals surface area contributed by atoms with Crippen molar-refractivity contribution in [3.8, 4) is 6.07 Å². The average Bonchev–Trinajstić information content (AvgIpc) is 2.47. The van der Waals surface area contributed by atoms with Crippen molar-refractivity contribution in [3.63, 3.8) is 0 Å². The molecule has 0 aromatic heterocycles. The van der Waals surface area contributed by atoms with Gasteiger partial charge in [-0.25, -0.2) is 4.99 Å². The number of methoxy groups -OCH3 is 1. The van der Waals surface area contributed by atoms with Gasteiger partial charge in [-0.1, -0.05) is 42.5 Å². The average molecular weight is 314 g/mol. The molecule has 1 aromatic carbocycles. The quantitative estimate of drug-likeness (QED) is 0.176. The molecule has 0 saturated heterocycles. The molecule has 20 heavy (non-hydrogen) atoms. The van der Waals surface area contributed by atoms with Crippen LogP contribution < -0.4 is 34.7 Å². The second-order valence-corrected chi connectivity index (χ2v) is 4.45. The van der Waals surface area contributed by atoms with Crippen LogP contribution in [0.2, 0.25) is 0 Å². The van der Waals surface area contributed by atoms with Crippen molar-refractivity contribution >= 4 is 34.0 Å². The van der Waals surface area contributed by atoms with E-state index in [4.69, 9.17) is 17.5 Å². The van der Waals surface area contributed by atoms with Crippen LogP contribution in [0.1, 0.15) is 5.56 Å². The van der Waals surface area contributed by atoms with Crippen LogP contribution in [0.4, 0.5) is 0 Å². The van der Waals surface area contributed by atoms with Gasteiger partial charge in [0.25, 0.3) is 0 Å². The Hall–Kier alpha value is -0.840. The van der Waals surface area contributed by atoms with Crippen LogP contribution in [0.15, 0.2) is 46.8 Å². The van der Waals surface area contributed by atoms with Crippen LogP contribution in [-0.4, -0.2) is 23.4 Å². The maximum absolute atomic E-state index is 11.4. The number of nitrogens with zero attached hydrogens (tertiary/aromatic N) is 2. The SMILES string of the molecule is CO/C([O-])=C(\C#N)C(=NC(=S)c1ccccc1)SC.[Na+]. The van der Waals surface area contributed by atoms with Crippen LogP contribution in [0.5, 0.6) is 0 Å². The molecule has 0 fully saturated rings. The van der Waals surface area contributed by atoms with E-state index in [2.05, 4.69) is 9.73 Å². The van der Waals surface area contributed by atoms with Gasteiger partial charge in [0.05, 0.1) is 5.95 Å². The second-order valence-electron chi connectivity index (χ2n) is 3.27. The minimum absolute atomic E-state index is 0. The van der Waals surface area contributed by atoms with Crippen molar-refractivity contribution in [2.45, 2.75) is 0 Å². The summed E-state index contributed by atoms with van der Waals surface area (Å²) in [5, 5.41) is 20.7. The van der Waals surface area contributed by atoms with E-state index >= 15 is 0 Å². The zero-order valence-corrected chi connectivity index (χ0v) is 15.0. The topological polar surface area (TPSA) is 68.4 Å². The molecule has 0 saturated carbocycles. The third-order valence-corrected chi connectivity index (χ3v) is 3.14. The van der Waals surface area contributed by atoms with Crippen molar-refractivity contribution in [2.24, 2.45) is 4.99 Å². The summed E-state index contributed by atoms with van der Waals surface area (Å²) in [5.74, 6) is -0.716. The maximum atomic E-state index is 11.4. The summed E-state index contributed by atoms with van der Waals surface area (Å²) in [7, 11) is 1.22. The summed E-state index contributed by atoms with van der Waals surface area (Å²) in [6, 6.07) is 11.0. The Bertz CT molecular complexity index is 565. The van der Waals surface area contributed by atoms with Gasteiger partial charge in [-0.05, 0) is 13.4 Å². The van der Waals surface area contributed by atoms with Crippen molar-refractivity contribution in [3.05, 3.63) is 47.4 Å². The molecule has 0 N–H and O–H groups in total. The molecule has 98 valence electrons. The van der Waals surface area contributed by atoms with E-state index in [1.54, 1.807) is 12.3 Å². The maximum Gasteiger partial charge on any atom is 1.00 e. The van der Waals surface area contributed by atoms with Gasteiger partial charge in [0.1, 0.15) is 21.7 Å². The monoisotopic (exact) mass is 314 g/mol. The van der Waals surface area contributed by atoms with E-state index in [1.165, 1.54) is 18.9 Å². The molecule has 0 aliphatic rings. The van der Waals surface area contributed by atoms with Crippen molar-refractivity contribution in [1.29, 1.82) is 5.26 Å². The molecule has 1 aromatic rings. The second kappa shape index (κ2) is 9.97. The summed E-state index contributed by atoms with van der Waals surface area (Å²) in [5.41, 5.74) is 0.611. The van der Waals surface area contributed by atoms with Gasteiger partial charge < -0.3 is 9.84 Å². The molecule has 0 spiro atoms. The molecule has 0 radical (unpaired) electrons. The Morgan fingerprint density at radius 2 is 2.00 bits per heavy atom. The summed E-state index contributed by atoms with van der Waals surface area (Å²) in [4.78, 5) is 4.48. The summed E-state index contributed by atoms with van der Waals surface area (Å²) >= 11 is 6.35. The van der Waals surface area contributed by atoms with Crippen molar-refractivity contribution < 1.29 is 39.4 Å². The number of thiocarbonyl (C=S) groups is 1. The standard InChI is InChI=1S/C13H12N2O2S2.Na/c1-17-13(16)10(8-14)12(19-2)15-11(18)9-6-4-3-5-7-9;/h3-7,16H,1-2H3;/q;+1/p-1/b13-10+,15-12?;. The Morgan fingerprint density at radius 3 is 2.45 bits per heavy atom. The first-order valence-corrected chi connectivity index (χ1v) is 6.85. The molecule has 0 atom stereocenters. The third kappa shape index (κ3) is 5.27. The van der Waals surface area contributed by atoms with Gasteiger partial charge in [-0.2, -0.15) is 5.26 Å². The fraction of sp³-hybridized carbons (Fsp3) is 0.154. The van der Waals surface area contributed by atoms with Crippen molar-refractivity contribution in [1.82, 2.24) is 0 Å². The van der Waals surface area contributed by atoms with E-state index in [1.807, 2.05) is 30.3 Å². The first kappa shape index (κ1) is 19.2. The molecule has 7 heteroatoms. The predicted octanol–water partition coefficient (Wildman–Crippen LogP) is -1.13. The number of hydrogen-bond acceptors (Lipinski definition) is 5. The Balaban J connectivity index is 0.00000361. The summed E-state index contributed by atoms with van der Waals surface area (Å²) in [6.45, 7) is 0. The molecule has 4 nitrogen and oxygen atoms in total. The summed E-state index contributed by atoms with van der Waals surface area (Å²) < 4.78 is 4.54. The number of benzene rings is 1. The van der Waals surface area contributed by atoms with E-state index in [0.29, 0.717) is 4.99 Å². The van der Waals surface area contributed by atoms with Gasteiger partial charge in [0, 0.05) is 5.56 Å². The van der Waals surface area contributed by atoms with Crippen LogP contribution in [0.25, 0.3) is 0 Å². The number of hydrogen-bond donors (Lipinski definition) is 0. The van der Waals surface area contributed by atoms with Gasteiger partial charge >= 0.3 is 29.6 Å². The van der Waals surface area contributed by atoms with E-state index in [9.17, 15) is 5.11 Å². The summed E-state index contributed by atoms with van der Waals surface area (Å²) in [6.07, 6.45) is 1.72. The zero-order chi connectivity index (χ0) is 14.3. The van der Waals surface area contributed by atoms with Gasteiger partial charge in [0.15, 0.2) is 0 Å². The third-order valence-electron chi connectivity index (χ3n) is 2.13. The van der Waals surface area contributed by atoms with Crippen molar-refractivity contribution in [2.75, 3.05) is 13.4 Å². The van der Waals surface area contributed by atoms with Gasteiger partial charge in [0.2, 0.25) is 0 Å². The Kier molecular flexibility index (Phi) is 9.55. The van der Waals surface area contributed by atoms with Crippen LogP contribution in [0, 0.1) is 11.3 Å². The van der Waals surface area contributed by atoms with Gasteiger partial charge in [-0.15, -0.1) is 11.8 Å². The molecule has 0 heterocycles. The van der Waals surface area contributed by atoms with Crippen LogP contribution >= 0.6 is 24.0 Å². The first-order valence-electron chi connectivity index (χ1n) is 5.21.